The predicted molar refractivity (Wildman–Crippen MR) is 128 cm³/mol. The van der Waals surface area contributed by atoms with Crippen molar-refractivity contribution in [1.29, 1.82) is 0 Å². The van der Waals surface area contributed by atoms with Crippen LogP contribution in [-0.2, 0) is 25.6 Å². The number of rotatable bonds is 8. The molecule has 34 heavy (non-hydrogen) atoms. The highest BCUT2D eigenvalue weighted by Gasteiger charge is 2.23. The van der Waals surface area contributed by atoms with Crippen LogP contribution in [0.25, 0.3) is 0 Å². The molecule has 176 valence electrons. The van der Waals surface area contributed by atoms with Crippen molar-refractivity contribution in [3.05, 3.63) is 102 Å². The fourth-order valence-corrected chi connectivity index (χ4v) is 3.92. The minimum absolute atomic E-state index is 0.145. The van der Waals surface area contributed by atoms with Gasteiger partial charge in [-0.15, -0.1) is 5.06 Å². The van der Waals surface area contributed by atoms with Crippen molar-refractivity contribution in [2.24, 2.45) is 0 Å². The lowest BCUT2D eigenvalue weighted by molar-refractivity contribution is -0.200. The van der Waals surface area contributed by atoms with Crippen molar-refractivity contribution in [2.75, 3.05) is 19.7 Å². The van der Waals surface area contributed by atoms with E-state index in [0.29, 0.717) is 31.9 Å². The molecule has 0 atom stereocenters. The maximum Gasteiger partial charge on any atom is 0.436 e. The Morgan fingerprint density at radius 3 is 1.91 bits per heavy atom. The van der Waals surface area contributed by atoms with Gasteiger partial charge in [-0.3, -0.25) is 0 Å². The molecular formula is C28H29NO5. The predicted octanol–water partition coefficient (Wildman–Crippen LogP) is 4.88. The molecule has 0 aliphatic carbocycles. The molecule has 4 rings (SSSR count). The molecule has 0 N–H and O–H groups in total. The highest BCUT2D eigenvalue weighted by atomic mass is 16.7. The molecule has 1 saturated heterocycles. The third-order valence-corrected chi connectivity index (χ3v) is 5.71. The fourth-order valence-electron chi connectivity index (χ4n) is 3.92. The summed E-state index contributed by atoms with van der Waals surface area (Å²) in [5.41, 5.74) is 3.25. The number of esters is 1. The number of benzene rings is 3. The molecule has 0 unspecified atom stereocenters. The van der Waals surface area contributed by atoms with Crippen LogP contribution >= 0.6 is 0 Å². The smallest absolute Gasteiger partial charge is 0.418 e. The molecule has 0 saturated carbocycles. The van der Waals surface area contributed by atoms with Gasteiger partial charge in [0.1, 0.15) is 11.9 Å². The summed E-state index contributed by atoms with van der Waals surface area (Å²) in [6.45, 7) is 1.81. The van der Waals surface area contributed by atoms with Gasteiger partial charge >= 0.3 is 11.9 Å². The summed E-state index contributed by atoms with van der Waals surface area (Å²) in [7, 11) is 0. The van der Waals surface area contributed by atoms with E-state index in [1.165, 1.54) is 5.06 Å². The van der Waals surface area contributed by atoms with Crippen LogP contribution < -0.4 is 4.74 Å². The Kier molecular flexibility index (Phi) is 8.43. The summed E-state index contributed by atoms with van der Waals surface area (Å²) in [6, 6.07) is 27.4. The standard InChI is InChI=1S/C28H29NO5/c30-27(28(31)34-29-19-8-3-9-20-29)33-25-16-14-22(15-17-25)18-21-32-26(23-10-4-1-5-11-23)24-12-6-2-7-13-24/h1-2,4-7,10-17,26H,3,8-9,18-21H2. The molecule has 6 heteroatoms. The molecule has 1 aliphatic heterocycles. The van der Waals surface area contributed by atoms with Crippen LogP contribution in [0.4, 0.5) is 0 Å². The lowest BCUT2D eigenvalue weighted by Crippen LogP contribution is -2.36. The first-order valence-corrected chi connectivity index (χ1v) is 11.7. The number of hydrogen-bond acceptors (Lipinski definition) is 6. The Labute approximate surface area is 200 Å². The third-order valence-electron chi connectivity index (χ3n) is 5.71. The molecule has 1 fully saturated rings. The van der Waals surface area contributed by atoms with E-state index in [-0.39, 0.29) is 6.10 Å². The number of hydroxylamine groups is 2. The highest BCUT2D eigenvalue weighted by Crippen LogP contribution is 2.26. The van der Waals surface area contributed by atoms with Gasteiger partial charge in [-0.25, -0.2) is 9.59 Å². The molecule has 0 amide bonds. The first-order chi connectivity index (χ1) is 16.7. The number of hydrogen-bond donors (Lipinski definition) is 0. The molecule has 0 bridgehead atoms. The maximum atomic E-state index is 12.0. The summed E-state index contributed by atoms with van der Waals surface area (Å²) < 4.78 is 11.4. The van der Waals surface area contributed by atoms with Crippen LogP contribution in [0, 0.1) is 0 Å². The van der Waals surface area contributed by atoms with E-state index >= 15 is 0 Å². The van der Waals surface area contributed by atoms with Gasteiger partial charge in [0, 0.05) is 13.1 Å². The van der Waals surface area contributed by atoms with Crippen molar-refractivity contribution in [2.45, 2.75) is 31.8 Å². The Bertz CT molecular complexity index is 1010. The number of carbonyl (C=O) groups excluding carboxylic acids is 2. The zero-order chi connectivity index (χ0) is 23.6. The Balaban J connectivity index is 1.28. The van der Waals surface area contributed by atoms with Crippen molar-refractivity contribution >= 4 is 11.9 Å². The quantitative estimate of drug-likeness (QED) is 0.272. The first-order valence-electron chi connectivity index (χ1n) is 11.7. The summed E-state index contributed by atoms with van der Waals surface area (Å²) >= 11 is 0. The van der Waals surface area contributed by atoms with Gasteiger partial charge in [0.25, 0.3) is 0 Å². The number of piperidine rings is 1. The van der Waals surface area contributed by atoms with E-state index in [1.807, 2.05) is 48.5 Å². The van der Waals surface area contributed by atoms with E-state index in [4.69, 9.17) is 14.3 Å². The average Bonchev–Trinajstić information content (AvgIpc) is 2.89. The Hall–Kier alpha value is -3.48. The van der Waals surface area contributed by atoms with E-state index in [2.05, 4.69) is 24.3 Å². The molecule has 1 heterocycles. The minimum Gasteiger partial charge on any atom is -0.418 e. The van der Waals surface area contributed by atoms with Gasteiger partial charge in [-0.1, -0.05) is 79.2 Å². The SMILES string of the molecule is O=C(Oc1ccc(CCOC(c2ccccc2)c2ccccc2)cc1)C(=O)ON1CCCCC1. The zero-order valence-corrected chi connectivity index (χ0v) is 19.1. The summed E-state index contributed by atoms with van der Waals surface area (Å²) in [6.07, 6.45) is 3.56. The van der Waals surface area contributed by atoms with Crippen molar-refractivity contribution in [3.8, 4) is 5.75 Å². The third kappa shape index (κ3) is 6.76. The second-order valence-electron chi connectivity index (χ2n) is 8.22. The topological polar surface area (TPSA) is 65.1 Å². The van der Waals surface area contributed by atoms with Crippen molar-refractivity contribution in [3.63, 3.8) is 0 Å². The molecule has 0 aromatic heterocycles. The van der Waals surface area contributed by atoms with Gasteiger partial charge in [0.15, 0.2) is 0 Å². The summed E-state index contributed by atoms with van der Waals surface area (Å²) in [5, 5.41) is 1.52. The molecule has 1 aliphatic rings. The second kappa shape index (κ2) is 12.1. The van der Waals surface area contributed by atoms with Gasteiger partial charge in [-0.2, -0.15) is 0 Å². The van der Waals surface area contributed by atoms with Crippen molar-refractivity contribution in [1.82, 2.24) is 5.06 Å². The second-order valence-corrected chi connectivity index (χ2v) is 8.22. The largest absolute Gasteiger partial charge is 0.436 e. The first kappa shape index (κ1) is 23.7. The minimum atomic E-state index is -1.02. The lowest BCUT2D eigenvalue weighted by atomic mass is 10.0. The molecule has 6 nitrogen and oxygen atoms in total. The monoisotopic (exact) mass is 459 g/mol. The van der Waals surface area contributed by atoms with Crippen LogP contribution in [0.2, 0.25) is 0 Å². The molecule has 0 radical (unpaired) electrons. The van der Waals surface area contributed by atoms with Gasteiger partial charge in [-0.05, 0) is 48.1 Å². The molecule has 3 aromatic carbocycles. The highest BCUT2D eigenvalue weighted by molar-refractivity contribution is 6.30. The molecule has 0 spiro atoms. The van der Waals surface area contributed by atoms with Gasteiger partial charge in [0.05, 0.1) is 6.61 Å². The summed E-state index contributed by atoms with van der Waals surface area (Å²) in [4.78, 5) is 29.1. The molecule has 3 aromatic rings. The number of carbonyl (C=O) groups is 2. The Morgan fingerprint density at radius 2 is 1.32 bits per heavy atom. The van der Waals surface area contributed by atoms with Crippen LogP contribution in [-0.4, -0.2) is 36.7 Å². The molecular weight excluding hydrogens is 430 g/mol. The van der Waals surface area contributed by atoms with E-state index in [1.54, 1.807) is 12.1 Å². The van der Waals surface area contributed by atoms with Gasteiger partial charge in [0.2, 0.25) is 0 Å². The number of nitrogens with zero attached hydrogens (tertiary/aromatic N) is 1. The summed E-state index contributed by atoms with van der Waals surface area (Å²) in [5.74, 6) is -1.71. The van der Waals surface area contributed by atoms with Crippen LogP contribution in [0.1, 0.15) is 42.1 Å². The van der Waals surface area contributed by atoms with Crippen LogP contribution in [0.15, 0.2) is 84.9 Å². The van der Waals surface area contributed by atoms with Crippen LogP contribution in [0.5, 0.6) is 5.75 Å². The Morgan fingerprint density at radius 1 is 0.735 bits per heavy atom. The maximum absolute atomic E-state index is 12.0. The van der Waals surface area contributed by atoms with E-state index in [9.17, 15) is 9.59 Å². The van der Waals surface area contributed by atoms with Crippen LogP contribution in [0.3, 0.4) is 0 Å². The lowest BCUT2D eigenvalue weighted by Gasteiger charge is -2.24. The normalized spacial score (nSPS) is 14.0. The fraction of sp³-hybridized carbons (Fsp3) is 0.286. The van der Waals surface area contributed by atoms with E-state index in [0.717, 1.165) is 36.0 Å². The van der Waals surface area contributed by atoms with E-state index < -0.39 is 11.9 Å². The van der Waals surface area contributed by atoms with Crippen molar-refractivity contribution < 1.29 is 23.9 Å². The number of ether oxygens (including phenoxy) is 2. The average molecular weight is 460 g/mol. The zero-order valence-electron chi connectivity index (χ0n) is 19.1. The van der Waals surface area contributed by atoms with Gasteiger partial charge < -0.3 is 14.3 Å².